The van der Waals surface area contributed by atoms with E-state index in [0.717, 1.165) is 12.8 Å². The summed E-state index contributed by atoms with van der Waals surface area (Å²) >= 11 is 0. The summed E-state index contributed by atoms with van der Waals surface area (Å²) in [5.74, 6) is -1.07. The van der Waals surface area contributed by atoms with Gasteiger partial charge in [-0.3, -0.25) is 9.59 Å². The van der Waals surface area contributed by atoms with Crippen molar-refractivity contribution in [2.24, 2.45) is 0 Å². The molecule has 20 heavy (non-hydrogen) atoms. The molecule has 0 heterocycles. The van der Waals surface area contributed by atoms with Gasteiger partial charge in [0.2, 0.25) is 0 Å². The van der Waals surface area contributed by atoms with E-state index in [1.165, 1.54) is 0 Å². The second kappa shape index (κ2) is 15.9. The molecule has 0 aromatic heterocycles. The summed E-state index contributed by atoms with van der Waals surface area (Å²) in [6.45, 7) is 8.63. The fourth-order valence-corrected chi connectivity index (χ4v) is 1.02. The molecule has 0 rings (SSSR count). The highest BCUT2D eigenvalue weighted by Gasteiger charge is 2.09. The lowest BCUT2D eigenvalue weighted by Gasteiger charge is -2.07. The first-order valence-electron chi connectivity index (χ1n) is 7.12. The number of hydrogen-bond acceptors (Lipinski definition) is 6. The third-order valence-electron chi connectivity index (χ3n) is 2.06. The van der Waals surface area contributed by atoms with E-state index in [2.05, 4.69) is 16.4 Å². The fraction of sp³-hybridized carbons (Fsp3) is 0.857. The maximum atomic E-state index is 10.6. The molecule has 0 aliphatic heterocycles. The second-order valence-electron chi connectivity index (χ2n) is 3.87. The summed E-state index contributed by atoms with van der Waals surface area (Å²) in [4.78, 5) is 21.2. The van der Waals surface area contributed by atoms with Crippen molar-refractivity contribution in [1.29, 1.82) is 0 Å². The average Bonchev–Trinajstić information content (AvgIpc) is 2.40. The van der Waals surface area contributed by atoms with Gasteiger partial charge in [0.15, 0.2) is 6.29 Å². The Kier molecular flexibility index (Phi) is 16.8. The Morgan fingerprint density at radius 1 is 1.00 bits per heavy atom. The number of unbranched alkanes of at least 4 members (excludes halogenated alkanes) is 1. The first kappa shape index (κ1) is 21.2. The average molecular weight is 292 g/mol. The van der Waals surface area contributed by atoms with Crippen molar-refractivity contribution in [3.8, 4) is 0 Å². The normalized spacial score (nSPS) is 11.1. The predicted molar refractivity (Wildman–Crippen MR) is 75.0 cm³/mol. The van der Waals surface area contributed by atoms with E-state index >= 15 is 0 Å². The molecule has 120 valence electrons. The molecule has 0 bridgehead atoms. The second-order valence-corrected chi connectivity index (χ2v) is 3.87. The van der Waals surface area contributed by atoms with Gasteiger partial charge in [-0.05, 0) is 26.7 Å². The Morgan fingerprint density at radius 2 is 1.50 bits per heavy atom. The standard InChI is InChI=1S/C7H12O4.C7H16O2/c1-3-10-6(8)5-7(9)11-4-2;1-3-5-6-9-7(8)4-2/h3-5H2,1-2H3;7-8H,3-6H2,1-2H3. The van der Waals surface area contributed by atoms with Crippen LogP contribution in [0.1, 0.15) is 53.4 Å². The van der Waals surface area contributed by atoms with Crippen molar-refractivity contribution < 1.29 is 28.9 Å². The number of ether oxygens (including phenoxy) is 3. The highest BCUT2D eigenvalue weighted by Crippen LogP contribution is 1.95. The first-order chi connectivity index (χ1) is 9.51. The molecule has 1 N–H and O–H groups in total. The maximum absolute atomic E-state index is 10.6. The number of carbonyl (C=O) groups excluding carboxylic acids is 2. The van der Waals surface area contributed by atoms with Gasteiger partial charge in [-0.1, -0.05) is 20.3 Å². The molecule has 0 fully saturated rings. The summed E-state index contributed by atoms with van der Waals surface area (Å²) in [6, 6.07) is 0. The van der Waals surface area contributed by atoms with Gasteiger partial charge in [0.1, 0.15) is 6.42 Å². The lowest BCUT2D eigenvalue weighted by molar-refractivity contribution is -0.153. The SMILES string of the molecule is CCCCOC(O)CC.CCOC(=O)CC(=O)OCC. The van der Waals surface area contributed by atoms with E-state index in [1.54, 1.807) is 13.8 Å². The summed E-state index contributed by atoms with van der Waals surface area (Å²) in [6.07, 6.45) is 2.01. The third kappa shape index (κ3) is 16.9. The number of aliphatic hydroxyl groups is 1. The van der Waals surface area contributed by atoms with Gasteiger partial charge < -0.3 is 19.3 Å². The predicted octanol–water partition coefficient (Wildman–Crippen LogP) is 2.03. The molecule has 0 aromatic rings. The molecule has 6 nitrogen and oxygen atoms in total. The van der Waals surface area contributed by atoms with Crippen LogP contribution in [-0.2, 0) is 23.8 Å². The van der Waals surface area contributed by atoms with Crippen molar-refractivity contribution in [2.75, 3.05) is 19.8 Å². The fourth-order valence-electron chi connectivity index (χ4n) is 1.02. The Hall–Kier alpha value is -1.14. The van der Waals surface area contributed by atoms with Crippen LogP contribution < -0.4 is 0 Å². The zero-order valence-corrected chi connectivity index (χ0v) is 13.0. The van der Waals surface area contributed by atoms with E-state index in [-0.39, 0.29) is 19.6 Å². The van der Waals surface area contributed by atoms with Gasteiger partial charge >= 0.3 is 11.9 Å². The smallest absolute Gasteiger partial charge is 0.317 e. The molecule has 0 spiro atoms. The number of rotatable bonds is 9. The zero-order chi connectivity index (χ0) is 15.8. The molecule has 0 saturated heterocycles. The van der Waals surface area contributed by atoms with Crippen LogP contribution in [0.15, 0.2) is 0 Å². The van der Waals surface area contributed by atoms with E-state index in [9.17, 15) is 9.59 Å². The minimum atomic E-state index is -0.545. The van der Waals surface area contributed by atoms with Crippen LogP contribution in [0, 0.1) is 0 Å². The molecule has 6 heteroatoms. The van der Waals surface area contributed by atoms with Gasteiger partial charge in [-0.2, -0.15) is 0 Å². The first-order valence-corrected chi connectivity index (χ1v) is 7.12. The number of aliphatic hydroxyl groups excluding tert-OH is 1. The quantitative estimate of drug-likeness (QED) is 0.303. The van der Waals surface area contributed by atoms with Crippen LogP contribution in [0.4, 0.5) is 0 Å². The van der Waals surface area contributed by atoms with E-state index in [0.29, 0.717) is 13.0 Å². The van der Waals surface area contributed by atoms with Crippen LogP contribution in [0.5, 0.6) is 0 Å². The number of esters is 2. The molecule has 0 amide bonds. The highest BCUT2D eigenvalue weighted by molar-refractivity contribution is 5.91. The molecule has 1 unspecified atom stereocenters. The van der Waals surface area contributed by atoms with Crippen molar-refractivity contribution in [1.82, 2.24) is 0 Å². The minimum absolute atomic E-state index is 0.290. The lowest BCUT2D eigenvalue weighted by Crippen LogP contribution is -2.13. The minimum Gasteiger partial charge on any atom is -0.466 e. The van der Waals surface area contributed by atoms with Crippen molar-refractivity contribution in [2.45, 2.75) is 59.7 Å². The number of hydrogen-bond donors (Lipinski definition) is 1. The summed E-state index contributed by atoms with van der Waals surface area (Å²) in [5, 5.41) is 8.86. The monoisotopic (exact) mass is 292 g/mol. The van der Waals surface area contributed by atoms with Crippen LogP contribution in [0.3, 0.4) is 0 Å². The third-order valence-corrected chi connectivity index (χ3v) is 2.06. The Balaban J connectivity index is 0. The van der Waals surface area contributed by atoms with Crippen LogP contribution >= 0.6 is 0 Å². The summed E-state index contributed by atoms with van der Waals surface area (Å²) < 4.78 is 14.0. The molecule has 0 radical (unpaired) electrons. The largest absolute Gasteiger partial charge is 0.466 e. The lowest BCUT2D eigenvalue weighted by atomic mass is 10.4. The van der Waals surface area contributed by atoms with Gasteiger partial charge in [-0.15, -0.1) is 0 Å². The Morgan fingerprint density at radius 3 is 1.85 bits per heavy atom. The highest BCUT2D eigenvalue weighted by atomic mass is 16.6. The van der Waals surface area contributed by atoms with E-state index in [4.69, 9.17) is 9.84 Å². The Labute approximate surface area is 121 Å². The van der Waals surface area contributed by atoms with Gasteiger partial charge in [-0.25, -0.2) is 0 Å². The zero-order valence-electron chi connectivity index (χ0n) is 13.0. The molecule has 0 aliphatic rings. The molecule has 0 saturated carbocycles. The summed E-state index contributed by atoms with van der Waals surface area (Å²) in [7, 11) is 0. The molecule has 0 aliphatic carbocycles. The molecule has 0 aromatic carbocycles. The van der Waals surface area contributed by atoms with Crippen molar-refractivity contribution in [3.05, 3.63) is 0 Å². The maximum Gasteiger partial charge on any atom is 0.317 e. The van der Waals surface area contributed by atoms with Crippen LogP contribution in [0.2, 0.25) is 0 Å². The van der Waals surface area contributed by atoms with Crippen LogP contribution in [-0.4, -0.2) is 43.2 Å². The summed E-state index contributed by atoms with van der Waals surface area (Å²) in [5.41, 5.74) is 0. The van der Waals surface area contributed by atoms with E-state index < -0.39 is 18.2 Å². The Bertz CT molecular complexity index is 226. The number of carbonyl (C=O) groups is 2. The molecular formula is C14H28O6. The van der Waals surface area contributed by atoms with E-state index in [1.807, 2.05) is 6.92 Å². The van der Waals surface area contributed by atoms with Crippen LogP contribution in [0.25, 0.3) is 0 Å². The topological polar surface area (TPSA) is 82.1 Å². The molecular weight excluding hydrogens is 264 g/mol. The van der Waals surface area contributed by atoms with Gasteiger partial charge in [0, 0.05) is 6.61 Å². The van der Waals surface area contributed by atoms with Gasteiger partial charge in [0.05, 0.1) is 13.2 Å². The molecule has 1 atom stereocenters. The van der Waals surface area contributed by atoms with Crippen molar-refractivity contribution >= 4 is 11.9 Å². The van der Waals surface area contributed by atoms with Gasteiger partial charge in [0.25, 0.3) is 0 Å². The van der Waals surface area contributed by atoms with Crippen molar-refractivity contribution in [3.63, 3.8) is 0 Å².